The van der Waals surface area contributed by atoms with E-state index in [4.69, 9.17) is 0 Å². The van der Waals surface area contributed by atoms with E-state index in [0.29, 0.717) is 12.2 Å². The Kier molecular flexibility index (Phi) is 11.9. The summed E-state index contributed by atoms with van der Waals surface area (Å²) in [5, 5.41) is 2.93. The molecule has 0 fully saturated rings. The van der Waals surface area contributed by atoms with E-state index in [1.807, 2.05) is 37.3 Å². The number of carbonyl (C=O) groups excluding carboxylic acids is 2. The Balaban J connectivity index is 1.78. The lowest BCUT2D eigenvalue weighted by molar-refractivity contribution is -0.140. The van der Waals surface area contributed by atoms with Crippen molar-refractivity contribution < 1.29 is 22.4 Å². The number of halogens is 2. The molecule has 7 nitrogen and oxygen atoms in total. The molecule has 0 radical (unpaired) electrons. The highest BCUT2D eigenvalue weighted by Gasteiger charge is 2.34. The lowest BCUT2D eigenvalue weighted by Crippen LogP contribution is -2.53. The number of hydrogen-bond donors (Lipinski definition) is 1. The van der Waals surface area contributed by atoms with Gasteiger partial charge in [-0.05, 0) is 77.0 Å². The van der Waals surface area contributed by atoms with Gasteiger partial charge >= 0.3 is 0 Å². The van der Waals surface area contributed by atoms with Gasteiger partial charge in [-0.2, -0.15) is 0 Å². The molecule has 0 aliphatic rings. The van der Waals surface area contributed by atoms with E-state index in [1.54, 1.807) is 60.7 Å². The lowest BCUT2D eigenvalue weighted by atomic mass is 10.0. The summed E-state index contributed by atoms with van der Waals surface area (Å²) in [7, 11) is -4.19. The molecule has 0 aliphatic carbocycles. The fraction of sp³-hybridized carbons (Fsp3) is 0.235. The van der Waals surface area contributed by atoms with Crippen molar-refractivity contribution in [3.63, 3.8) is 0 Å². The molecule has 4 aromatic carbocycles. The first kappa shape index (κ1) is 33.1. The standard InChI is InChI=1S/C34H35FIN3O4S/c1-2-3-22-37-34(41)32(23-26-12-6-4-7-13-26)38(24-27-14-10-11-17-31(27)35)33(40)25-39(29-20-18-28(36)19-21-29)44(42,43)30-15-8-5-9-16-30/h4-21,32H,2-3,22-25H2,1H3,(H,37,41). The van der Waals surface area contributed by atoms with Crippen molar-refractivity contribution in [3.05, 3.63) is 130 Å². The van der Waals surface area contributed by atoms with Crippen molar-refractivity contribution in [3.8, 4) is 0 Å². The molecule has 0 spiro atoms. The minimum absolute atomic E-state index is 0.0187. The number of nitrogens with one attached hydrogen (secondary N) is 1. The summed E-state index contributed by atoms with van der Waals surface area (Å²) in [5.41, 5.74) is 1.31. The van der Waals surface area contributed by atoms with E-state index < -0.39 is 40.2 Å². The molecule has 0 aliphatic heterocycles. The molecule has 0 aromatic heterocycles. The van der Waals surface area contributed by atoms with Crippen molar-refractivity contribution >= 4 is 50.1 Å². The van der Waals surface area contributed by atoms with Gasteiger partial charge in [-0.15, -0.1) is 0 Å². The summed E-state index contributed by atoms with van der Waals surface area (Å²) in [5.74, 6) is -1.56. The van der Waals surface area contributed by atoms with Crippen molar-refractivity contribution in [2.45, 2.75) is 43.7 Å². The Labute approximate surface area is 272 Å². The highest BCUT2D eigenvalue weighted by atomic mass is 127. The highest BCUT2D eigenvalue weighted by Crippen LogP contribution is 2.26. The molecule has 0 bridgehead atoms. The molecular formula is C34H35FIN3O4S. The van der Waals surface area contributed by atoms with Gasteiger partial charge < -0.3 is 10.2 Å². The van der Waals surface area contributed by atoms with Crippen LogP contribution in [0.25, 0.3) is 0 Å². The smallest absolute Gasteiger partial charge is 0.264 e. The van der Waals surface area contributed by atoms with Crippen LogP contribution < -0.4 is 9.62 Å². The van der Waals surface area contributed by atoms with Crippen LogP contribution in [0.15, 0.2) is 114 Å². The van der Waals surface area contributed by atoms with Crippen LogP contribution >= 0.6 is 22.6 Å². The summed E-state index contributed by atoms with van der Waals surface area (Å²) in [6.45, 7) is 1.60. The van der Waals surface area contributed by atoms with Crippen LogP contribution in [0, 0.1) is 9.39 Å². The zero-order valence-corrected chi connectivity index (χ0v) is 27.4. The normalized spacial score (nSPS) is 11.9. The average Bonchev–Trinajstić information content (AvgIpc) is 3.03. The first-order valence-corrected chi connectivity index (χ1v) is 16.9. The predicted octanol–water partition coefficient (Wildman–Crippen LogP) is 6.18. The number of carbonyl (C=O) groups is 2. The molecule has 1 N–H and O–H groups in total. The van der Waals surface area contributed by atoms with Gasteiger partial charge in [-0.25, -0.2) is 12.8 Å². The van der Waals surface area contributed by atoms with E-state index in [1.165, 1.54) is 23.1 Å². The van der Waals surface area contributed by atoms with E-state index in [-0.39, 0.29) is 23.4 Å². The van der Waals surface area contributed by atoms with Crippen molar-refractivity contribution in [2.24, 2.45) is 0 Å². The molecule has 4 aromatic rings. The average molecular weight is 728 g/mol. The number of nitrogens with zero attached hydrogens (tertiary/aromatic N) is 2. The number of unbranched alkanes of at least 4 members (excludes halogenated alkanes) is 1. The molecule has 1 atom stereocenters. The quantitative estimate of drug-likeness (QED) is 0.124. The second-order valence-corrected chi connectivity index (χ2v) is 13.4. The largest absolute Gasteiger partial charge is 0.354 e. The summed E-state index contributed by atoms with van der Waals surface area (Å²) in [6, 6.07) is 28.9. The maximum absolute atomic E-state index is 15.0. The van der Waals surface area contributed by atoms with E-state index >= 15 is 0 Å². The Bertz CT molecular complexity index is 1640. The summed E-state index contributed by atoms with van der Waals surface area (Å²) in [6.07, 6.45) is 1.78. The van der Waals surface area contributed by atoms with Crippen LogP contribution in [-0.4, -0.2) is 44.3 Å². The number of anilines is 1. The SMILES string of the molecule is CCCCNC(=O)C(Cc1ccccc1)N(Cc1ccccc1F)C(=O)CN(c1ccc(I)cc1)S(=O)(=O)c1ccccc1. The molecule has 0 saturated heterocycles. The van der Waals surface area contributed by atoms with Gasteiger partial charge in [0, 0.05) is 28.6 Å². The molecule has 2 amide bonds. The molecule has 10 heteroatoms. The van der Waals surface area contributed by atoms with Gasteiger partial charge in [-0.3, -0.25) is 13.9 Å². The third kappa shape index (κ3) is 8.66. The first-order valence-electron chi connectivity index (χ1n) is 14.4. The Morgan fingerprint density at radius 3 is 2.11 bits per heavy atom. The van der Waals surface area contributed by atoms with E-state index in [2.05, 4.69) is 27.9 Å². The van der Waals surface area contributed by atoms with Crippen molar-refractivity contribution in [1.29, 1.82) is 0 Å². The van der Waals surface area contributed by atoms with Crippen LogP contribution in [0.3, 0.4) is 0 Å². The number of sulfonamides is 1. The minimum Gasteiger partial charge on any atom is -0.354 e. The van der Waals surface area contributed by atoms with Gasteiger partial charge in [0.05, 0.1) is 10.6 Å². The Morgan fingerprint density at radius 1 is 0.864 bits per heavy atom. The number of rotatable bonds is 14. The Morgan fingerprint density at radius 2 is 1.48 bits per heavy atom. The molecule has 44 heavy (non-hydrogen) atoms. The third-order valence-corrected chi connectivity index (χ3v) is 9.63. The molecule has 1 unspecified atom stereocenters. The van der Waals surface area contributed by atoms with Crippen LogP contribution in [0.2, 0.25) is 0 Å². The topological polar surface area (TPSA) is 86.8 Å². The van der Waals surface area contributed by atoms with Gasteiger partial charge in [0.1, 0.15) is 18.4 Å². The number of amides is 2. The summed E-state index contributed by atoms with van der Waals surface area (Å²) >= 11 is 2.12. The minimum atomic E-state index is -4.19. The van der Waals surface area contributed by atoms with E-state index in [9.17, 15) is 22.4 Å². The molecule has 0 saturated carbocycles. The zero-order valence-electron chi connectivity index (χ0n) is 24.4. The van der Waals surface area contributed by atoms with Crippen molar-refractivity contribution in [2.75, 3.05) is 17.4 Å². The molecule has 0 heterocycles. The molecule has 4 rings (SSSR count). The zero-order chi connectivity index (χ0) is 31.5. The lowest BCUT2D eigenvalue weighted by Gasteiger charge is -2.34. The van der Waals surface area contributed by atoms with Gasteiger partial charge in [0.25, 0.3) is 10.0 Å². The number of benzene rings is 4. The monoisotopic (exact) mass is 727 g/mol. The van der Waals surface area contributed by atoms with Crippen LogP contribution in [0.1, 0.15) is 30.9 Å². The maximum Gasteiger partial charge on any atom is 0.264 e. The van der Waals surface area contributed by atoms with Crippen molar-refractivity contribution in [1.82, 2.24) is 10.2 Å². The third-order valence-electron chi connectivity index (χ3n) is 7.12. The summed E-state index contributed by atoms with van der Waals surface area (Å²) < 4.78 is 44.9. The second-order valence-electron chi connectivity index (χ2n) is 10.3. The molecular weight excluding hydrogens is 692 g/mol. The van der Waals surface area contributed by atoms with Gasteiger partial charge in [0.2, 0.25) is 11.8 Å². The number of hydrogen-bond acceptors (Lipinski definition) is 4. The maximum atomic E-state index is 15.0. The predicted molar refractivity (Wildman–Crippen MR) is 179 cm³/mol. The van der Waals surface area contributed by atoms with Crippen LogP contribution in [-0.2, 0) is 32.6 Å². The van der Waals surface area contributed by atoms with Crippen LogP contribution in [0.5, 0.6) is 0 Å². The summed E-state index contributed by atoms with van der Waals surface area (Å²) in [4.78, 5) is 29.4. The fourth-order valence-electron chi connectivity index (χ4n) is 4.73. The fourth-order valence-corrected chi connectivity index (χ4v) is 6.52. The second kappa shape index (κ2) is 15.8. The van der Waals surface area contributed by atoms with Gasteiger partial charge in [0.15, 0.2) is 0 Å². The first-order chi connectivity index (χ1) is 21.2. The highest BCUT2D eigenvalue weighted by molar-refractivity contribution is 14.1. The van der Waals surface area contributed by atoms with Crippen LogP contribution in [0.4, 0.5) is 10.1 Å². The Hall–Kier alpha value is -3.77. The van der Waals surface area contributed by atoms with E-state index in [0.717, 1.165) is 26.3 Å². The van der Waals surface area contributed by atoms with Gasteiger partial charge in [-0.1, -0.05) is 80.1 Å². The molecule has 230 valence electrons.